The second kappa shape index (κ2) is 2.58. The summed E-state index contributed by atoms with van der Waals surface area (Å²) in [4.78, 5) is 10.6. The van der Waals surface area contributed by atoms with Crippen molar-refractivity contribution >= 4 is 22.7 Å². The summed E-state index contributed by atoms with van der Waals surface area (Å²) in [5.41, 5.74) is 0. The first kappa shape index (κ1) is 8.75. The number of aromatic nitrogens is 1. The molecule has 0 unspecified atom stereocenters. The van der Waals surface area contributed by atoms with Gasteiger partial charge in [-0.3, -0.25) is 0 Å². The molecule has 74 valence electrons. The molecule has 0 saturated heterocycles. The van der Waals surface area contributed by atoms with Gasteiger partial charge in [0.2, 0.25) is 0 Å². The van der Waals surface area contributed by atoms with Crippen LogP contribution >= 0.6 is 0 Å². The van der Waals surface area contributed by atoms with Crippen LogP contribution in [-0.2, 0) is 14.5 Å². The molecule has 14 heavy (non-hydrogen) atoms. The van der Waals surface area contributed by atoms with Crippen LogP contribution in [0.4, 0.5) is 4.79 Å². The molecule has 1 aliphatic heterocycles. The van der Waals surface area contributed by atoms with Gasteiger partial charge in [0, 0.05) is 6.20 Å². The van der Waals surface area contributed by atoms with E-state index in [1.165, 1.54) is 12.3 Å². The molecule has 0 atom stereocenters. The maximum absolute atomic E-state index is 10.8. The summed E-state index contributed by atoms with van der Waals surface area (Å²) in [5.74, 6) is 0. The Labute approximate surface area is 77.8 Å². The van der Waals surface area contributed by atoms with Gasteiger partial charge >= 0.3 is 16.4 Å². The summed E-state index contributed by atoms with van der Waals surface area (Å²) >= 11 is 0. The molecule has 1 aromatic rings. The number of hydrogen-bond donors (Lipinski definition) is 1. The predicted molar refractivity (Wildman–Crippen MR) is 43.1 cm³/mol. The second-order valence-corrected chi connectivity index (χ2v) is 3.70. The highest BCUT2D eigenvalue weighted by Crippen LogP contribution is 1.96. The quantitative estimate of drug-likeness (QED) is 0.578. The van der Waals surface area contributed by atoms with Crippen molar-refractivity contribution in [2.45, 2.75) is 0 Å². The largest absolute Gasteiger partial charge is 0.464 e. The van der Waals surface area contributed by atoms with E-state index in [1.807, 2.05) is 0 Å². The lowest BCUT2D eigenvalue weighted by atomic mass is 10.5. The molecular weight excluding hydrogens is 212 g/mol. The average Bonchev–Trinajstić information content (AvgIpc) is 2.44. The van der Waals surface area contributed by atoms with E-state index in [9.17, 15) is 13.2 Å². The van der Waals surface area contributed by atoms with Crippen LogP contribution in [-0.4, -0.2) is 24.2 Å². The second-order valence-electron chi connectivity index (χ2n) is 2.47. The van der Waals surface area contributed by atoms with Gasteiger partial charge in [-0.25, -0.2) is 9.36 Å². The SMILES string of the molecule is O=C(O)n1ccc2c1=COS(=O)(=O)N=2. The van der Waals surface area contributed by atoms with E-state index in [1.54, 1.807) is 0 Å². The van der Waals surface area contributed by atoms with E-state index >= 15 is 0 Å². The lowest BCUT2D eigenvalue weighted by molar-refractivity contribution is 0.195. The predicted octanol–water partition coefficient (Wildman–Crippen LogP) is -1.35. The minimum Gasteiger partial charge on any atom is -0.464 e. The maximum Gasteiger partial charge on any atom is 0.428 e. The molecule has 1 aliphatic rings. The number of rotatable bonds is 0. The van der Waals surface area contributed by atoms with Crippen molar-refractivity contribution in [3.63, 3.8) is 0 Å². The molecule has 1 aromatic heterocycles. The molecule has 0 saturated carbocycles. The summed E-state index contributed by atoms with van der Waals surface area (Å²) < 4.78 is 29.9. The van der Waals surface area contributed by atoms with Crippen molar-refractivity contribution in [1.29, 1.82) is 0 Å². The van der Waals surface area contributed by atoms with Gasteiger partial charge in [0.15, 0.2) is 0 Å². The Morgan fingerprint density at radius 1 is 1.57 bits per heavy atom. The first-order chi connectivity index (χ1) is 6.49. The molecule has 0 spiro atoms. The van der Waals surface area contributed by atoms with E-state index in [0.717, 1.165) is 10.8 Å². The molecule has 0 bridgehead atoms. The van der Waals surface area contributed by atoms with Crippen LogP contribution in [0.1, 0.15) is 0 Å². The fraction of sp³-hybridized carbons (Fsp3) is 0. The Balaban J connectivity index is 2.82. The van der Waals surface area contributed by atoms with Gasteiger partial charge in [-0.1, -0.05) is 0 Å². The van der Waals surface area contributed by atoms with Crippen LogP contribution in [0.5, 0.6) is 0 Å². The van der Waals surface area contributed by atoms with Crippen molar-refractivity contribution in [3.05, 3.63) is 23.0 Å². The van der Waals surface area contributed by atoms with Crippen molar-refractivity contribution in [2.75, 3.05) is 0 Å². The van der Waals surface area contributed by atoms with Gasteiger partial charge in [-0.05, 0) is 6.07 Å². The van der Waals surface area contributed by atoms with Crippen molar-refractivity contribution in [2.24, 2.45) is 4.40 Å². The van der Waals surface area contributed by atoms with Crippen molar-refractivity contribution < 1.29 is 22.5 Å². The molecular formula is C6H4N2O5S. The highest BCUT2D eigenvalue weighted by molar-refractivity contribution is 7.85. The normalized spacial score (nSPS) is 17.1. The zero-order chi connectivity index (χ0) is 10.3. The van der Waals surface area contributed by atoms with Crippen LogP contribution < -0.4 is 10.7 Å². The number of hydrogen-bond acceptors (Lipinski definition) is 4. The third-order valence-electron chi connectivity index (χ3n) is 1.60. The molecule has 7 nitrogen and oxygen atoms in total. The van der Waals surface area contributed by atoms with Crippen LogP contribution in [0, 0.1) is 0 Å². The lowest BCUT2D eigenvalue weighted by Gasteiger charge is -2.00. The molecule has 0 amide bonds. The fourth-order valence-electron chi connectivity index (χ4n) is 1.04. The maximum atomic E-state index is 10.8. The number of carboxylic acid groups (broad SMARTS) is 1. The highest BCUT2D eigenvalue weighted by atomic mass is 32.2. The number of nitrogens with zero attached hydrogens (tertiary/aromatic N) is 2. The molecule has 1 N–H and O–H groups in total. The number of fused-ring (bicyclic) bond motifs is 1. The van der Waals surface area contributed by atoms with Gasteiger partial charge < -0.3 is 9.29 Å². The Hall–Kier alpha value is -1.83. The van der Waals surface area contributed by atoms with E-state index in [4.69, 9.17) is 5.11 Å². The molecule has 0 fully saturated rings. The topological polar surface area (TPSA) is 98.0 Å². The van der Waals surface area contributed by atoms with Crippen LogP contribution in [0.2, 0.25) is 0 Å². The third kappa shape index (κ3) is 1.25. The minimum absolute atomic E-state index is 0.0543. The highest BCUT2D eigenvalue weighted by Gasteiger charge is 2.15. The summed E-state index contributed by atoms with van der Waals surface area (Å²) in [7, 11) is -3.95. The lowest BCUT2D eigenvalue weighted by Crippen LogP contribution is -2.36. The zero-order valence-electron chi connectivity index (χ0n) is 6.61. The molecule has 2 rings (SSSR count). The van der Waals surface area contributed by atoms with Crippen LogP contribution in [0.3, 0.4) is 0 Å². The Bertz CT molecular complexity index is 611. The molecule has 2 heterocycles. The van der Waals surface area contributed by atoms with Gasteiger partial charge in [-0.15, -0.1) is 4.40 Å². The molecule has 8 heteroatoms. The summed E-state index contributed by atoms with van der Waals surface area (Å²) in [6, 6.07) is 1.28. The molecule has 0 aliphatic carbocycles. The Kier molecular flexibility index (Phi) is 1.61. The van der Waals surface area contributed by atoms with Gasteiger partial charge in [0.25, 0.3) is 0 Å². The van der Waals surface area contributed by atoms with Crippen LogP contribution in [0.15, 0.2) is 16.7 Å². The van der Waals surface area contributed by atoms with Gasteiger partial charge in [0.05, 0.1) is 0 Å². The van der Waals surface area contributed by atoms with Gasteiger partial charge in [-0.2, -0.15) is 8.42 Å². The fourth-order valence-corrected chi connectivity index (χ4v) is 1.69. The monoisotopic (exact) mass is 216 g/mol. The Morgan fingerprint density at radius 3 is 2.93 bits per heavy atom. The molecule has 0 aromatic carbocycles. The van der Waals surface area contributed by atoms with E-state index < -0.39 is 16.4 Å². The Morgan fingerprint density at radius 2 is 2.29 bits per heavy atom. The standard InChI is InChI=1S/C6H4N2O5S/c9-6(10)8-2-1-4-5(8)3-13-14(11,12)7-4/h1-3H,(H,9,10). The smallest absolute Gasteiger partial charge is 0.428 e. The number of carbonyl (C=O) groups is 1. The third-order valence-corrected chi connectivity index (χ3v) is 2.36. The van der Waals surface area contributed by atoms with E-state index in [-0.39, 0.29) is 10.7 Å². The van der Waals surface area contributed by atoms with Crippen LogP contribution in [0.25, 0.3) is 6.26 Å². The summed E-state index contributed by atoms with van der Waals surface area (Å²) in [5, 5.41) is 8.80. The summed E-state index contributed by atoms with van der Waals surface area (Å²) in [6.45, 7) is 0. The first-order valence-corrected chi connectivity index (χ1v) is 4.80. The molecule has 0 radical (unpaired) electrons. The first-order valence-electron chi connectivity index (χ1n) is 3.44. The summed E-state index contributed by atoms with van der Waals surface area (Å²) in [6.07, 6.45) is 0.795. The van der Waals surface area contributed by atoms with E-state index in [0.29, 0.717) is 0 Å². The van der Waals surface area contributed by atoms with Crippen molar-refractivity contribution in [1.82, 2.24) is 4.57 Å². The van der Waals surface area contributed by atoms with E-state index in [2.05, 4.69) is 8.58 Å². The average molecular weight is 216 g/mol. The zero-order valence-corrected chi connectivity index (χ0v) is 7.43. The van der Waals surface area contributed by atoms with Gasteiger partial charge in [0.1, 0.15) is 17.0 Å². The van der Waals surface area contributed by atoms with Crippen molar-refractivity contribution in [3.8, 4) is 0 Å². The minimum atomic E-state index is -3.95.